The maximum absolute atomic E-state index is 5.73. The molecule has 1 fully saturated rings. The molecule has 3 rings (SSSR count). The van der Waals surface area contributed by atoms with Gasteiger partial charge in [0.1, 0.15) is 12.7 Å². The van der Waals surface area contributed by atoms with Gasteiger partial charge < -0.3 is 15.4 Å². The largest absolute Gasteiger partial charge is 0.376 e. The Morgan fingerprint density at radius 1 is 1.45 bits per heavy atom. The van der Waals surface area contributed by atoms with Crippen LogP contribution in [0.4, 0.5) is 11.9 Å². The molecule has 0 aromatic carbocycles. The Kier molecular flexibility index (Phi) is 3.42. The zero-order valence-electron chi connectivity index (χ0n) is 11.2. The van der Waals surface area contributed by atoms with Gasteiger partial charge in [0.15, 0.2) is 0 Å². The maximum Gasteiger partial charge on any atom is 0.258 e. The van der Waals surface area contributed by atoms with E-state index in [0.717, 1.165) is 26.0 Å². The Bertz CT molecular complexity index is 566. The molecule has 9 heteroatoms. The average molecular weight is 276 g/mol. The third-order valence-corrected chi connectivity index (χ3v) is 3.10. The summed E-state index contributed by atoms with van der Waals surface area (Å²) >= 11 is 0. The molecule has 9 nitrogen and oxygen atoms in total. The molecule has 1 aliphatic heterocycles. The number of nitrogen functional groups attached to an aromatic ring is 1. The minimum Gasteiger partial charge on any atom is -0.376 e. The van der Waals surface area contributed by atoms with Crippen LogP contribution in [0.5, 0.6) is 0 Å². The first-order chi connectivity index (χ1) is 9.72. The van der Waals surface area contributed by atoms with Crippen LogP contribution in [0.15, 0.2) is 12.7 Å². The number of hydrogen-bond donors (Lipinski definition) is 1. The molecule has 0 radical (unpaired) electrons. The van der Waals surface area contributed by atoms with Crippen LogP contribution in [0, 0.1) is 0 Å². The van der Waals surface area contributed by atoms with Crippen LogP contribution < -0.4 is 10.6 Å². The van der Waals surface area contributed by atoms with E-state index in [0.29, 0.717) is 11.9 Å². The molecule has 0 aliphatic carbocycles. The predicted molar refractivity (Wildman–Crippen MR) is 71.4 cm³/mol. The standard InChI is InChI=1S/C11H16N8O/c1-18(5-8-3-2-4-20-8)10-15-9(12)16-11(17-10)19-7-13-6-14-19/h6-8H,2-5H2,1H3,(H2,12,15,16,17). The first-order valence-corrected chi connectivity index (χ1v) is 6.41. The van der Waals surface area contributed by atoms with E-state index >= 15 is 0 Å². The van der Waals surface area contributed by atoms with Crippen molar-refractivity contribution in [1.82, 2.24) is 29.7 Å². The van der Waals surface area contributed by atoms with E-state index in [1.54, 1.807) is 0 Å². The number of hydrogen-bond acceptors (Lipinski definition) is 8. The molecule has 2 aromatic rings. The van der Waals surface area contributed by atoms with Crippen LogP contribution in [-0.2, 0) is 4.74 Å². The van der Waals surface area contributed by atoms with Crippen molar-refractivity contribution in [2.45, 2.75) is 18.9 Å². The lowest BCUT2D eigenvalue weighted by Crippen LogP contribution is -2.30. The molecule has 2 aromatic heterocycles. The van der Waals surface area contributed by atoms with Gasteiger partial charge in [0.05, 0.1) is 6.10 Å². The lowest BCUT2D eigenvalue weighted by molar-refractivity contribution is 0.116. The van der Waals surface area contributed by atoms with E-state index in [2.05, 4.69) is 25.0 Å². The van der Waals surface area contributed by atoms with Crippen molar-refractivity contribution >= 4 is 11.9 Å². The first-order valence-electron chi connectivity index (χ1n) is 6.41. The number of nitrogens with zero attached hydrogens (tertiary/aromatic N) is 7. The highest BCUT2D eigenvalue weighted by Crippen LogP contribution is 2.16. The summed E-state index contributed by atoms with van der Waals surface area (Å²) in [6, 6.07) is 0. The summed E-state index contributed by atoms with van der Waals surface area (Å²) in [6.07, 6.45) is 5.30. The summed E-state index contributed by atoms with van der Waals surface area (Å²) < 4.78 is 7.05. The first kappa shape index (κ1) is 12.7. The molecule has 1 aliphatic rings. The Morgan fingerprint density at radius 2 is 2.35 bits per heavy atom. The molecular formula is C11H16N8O. The molecule has 2 N–H and O–H groups in total. The van der Waals surface area contributed by atoms with Gasteiger partial charge in [0.25, 0.3) is 5.95 Å². The van der Waals surface area contributed by atoms with Gasteiger partial charge >= 0.3 is 0 Å². The van der Waals surface area contributed by atoms with Crippen LogP contribution >= 0.6 is 0 Å². The topological polar surface area (TPSA) is 108 Å². The molecule has 106 valence electrons. The van der Waals surface area contributed by atoms with Crippen LogP contribution in [0.25, 0.3) is 5.95 Å². The summed E-state index contributed by atoms with van der Waals surface area (Å²) in [5.41, 5.74) is 5.73. The van der Waals surface area contributed by atoms with Gasteiger partial charge in [-0.3, -0.25) is 0 Å². The Balaban J connectivity index is 1.81. The summed E-state index contributed by atoms with van der Waals surface area (Å²) in [4.78, 5) is 18.3. The number of aromatic nitrogens is 6. The van der Waals surface area contributed by atoms with Gasteiger partial charge in [-0.05, 0) is 12.8 Å². The van der Waals surface area contributed by atoms with Crippen LogP contribution in [0.2, 0.25) is 0 Å². The fraction of sp³-hybridized carbons (Fsp3) is 0.545. The second-order valence-electron chi connectivity index (χ2n) is 4.65. The molecule has 1 saturated heterocycles. The summed E-state index contributed by atoms with van der Waals surface area (Å²) in [5, 5.41) is 3.99. The predicted octanol–water partition coefficient (Wildman–Crippen LogP) is -0.350. The van der Waals surface area contributed by atoms with Crippen LogP contribution in [-0.4, -0.2) is 56.0 Å². The lowest BCUT2D eigenvalue weighted by atomic mass is 10.2. The summed E-state index contributed by atoms with van der Waals surface area (Å²) in [6.45, 7) is 1.54. The Morgan fingerprint density at radius 3 is 3.05 bits per heavy atom. The van der Waals surface area contributed by atoms with Crippen molar-refractivity contribution in [1.29, 1.82) is 0 Å². The number of ether oxygens (including phenoxy) is 1. The highest BCUT2D eigenvalue weighted by atomic mass is 16.5. The fourth-order valence-corrected chi connectivity index (χ4v) is 2.13. The molecule has 0 saturated carbocycles. The maximum atomic E-state index is 5.73. The van der Waals surface area contributed by atoms with Crippen molar-refractivity contribution in [2.75, 3.05) is 30.8 Å². The van der Waals surface area contributed by atoms with E-state index in [9.17, 15) is 0 Å². The molecule has 1 unspecified atom stereocenters. The van der Waals surface area contributed by atoms with Gasteiger partial charge in [-0.2, -0.15) is 24.7 Å². The van der Waals surface area contributed by atoms with Gasteiger partial charge in [-0.1, -0.05) is 0 Å². The zero-order chi connectivity index (χ0) is 13.9. The molecule has 20 heavy (non-hydrogen) atoms. The van der Waals surface area contributed by atoms with Gasteiger partial charge in [-0.25, -0.2) is 4.98 Å². The van der Waals surface area contributed by atoms with Crippen LogP contribution in [0.3, 0.4) is 0 Å². The minimum atomic E-state index is 0.152. The zero-order valence-corrected chi connectivity index (χ0v) is 11.2. The smallest absolute Gasteiger partial charge is 0.258 e. The SMILES string of the molecule is CN(CC1CCCO1)c1nc(N)nc(-n2cncn2)n1. The molecule has 3 heterocycles. The van der Waals surface area contributed by atoms with Gasteiger partial charge in [0.2, 0.25) is 11.9 Å². The summed E-state index contributed by atoms with van der Waals surface area (Å²) in [5.74, 6) is 1.00. The van der Waals surface area contributed by atoms with Crippen molar-refractivity contribution in [3.05, 3.63) is 12.7 Å². The Hall–Kier alpha value is -2.29. The number of rotatable bonds is 4. The highest BCUT2D eigenvalue weighted by Gasteiger charge is 2.19. The highest BCUT2D eigenvalue weighted by molar-refractivity contribution is 5.36. The second-order valence-corrected chi connectivity index (χ2v) is 4.65. The van der Waals surface area contributed by atoms with E-state index < -0.39 is 0 Å². The third kappa shape index (κ3) is 2.67. The average Bonchev–Trinajstić information content (AvgIpc) is 3.11. The Labute approximate surface area is 115 Å². The van der Waals surface area contributed by atoms with E-state index in [4.69, 9.17) is 10.5 Å². The minimum absolute atomic E-state index is 0.152. The molecule has 0 spiro atoms. The monoisotopic (exact) mass is 276 g/mol. The van der Waals surface area contributed by atoms with Crippen molar-refractivity contribution in [3.63, 3.8) is 0 Å². The number of likely N-dealkylation sites (N-methyl/N-ethyl adjacent to an activating group) is 1. The third-order valence-electron chi connectivity index (χ3n) is 3.10. The summed E-state index contributed by atoms with van der Waals surface area (Å²) in [7, 11) is 1.90. The lowest BCUT2D eigenvalue weighted by Gasteiger charge is -2.20. The quantitative estimate of drug-likeness (QED) is 0.807. The van der Waals surface area contributed by atoms with Gasteiger partial charge in [-0.15, -0.1) is 0 Å². The fourth-order valence-electron chi connectivity index (χ4n) is 2.13. The van der Waals surface area contributed by atoms with E-state index in [-0.39, 0.29) is 12.1 Å². The van der Waals surface area contributed by atoms with E-state index in [1.807, 2.05) is 11.9 Å². The van der Waals surface area contributed by atoms with Crippen molar-refractivity contribution in [2.24, 2.45) is 0 Å². The molecule has 0 amide bonds. The van der Waals surface area contributed by atoms with E-state index in [1.165, 1.54) is 17.3 Å². The second kappa shape index (κ2) is 5.37. The van der Waals surface area contributed by atoms with Crippen molar-refractivity contribution < 1.29 is 4.74 Å². The molecule has 0 bridgehead atoms. The molecular weight excluding hydrogens is 260 g/mol. The normalized spacial score (nSPS) is 18.4. The van der Waals surface area contributed by atoms with Gasteiger partial charge in [0, 0.05) is 20.2 Å². The number of nitrogens with two attached hydrogens (primary N) is 1. The number of anilines is 2. The molecule has 1 atom stereocenters. The van der Waals surface area contributed by atoms with Crippen LogP contribution in [0.1, 0.15) is 12.8 Å². The van der Waals surface area contributed by atoms with Crippen molar-refractivity contribution in [3.8, 4) is 5.95 Å².